The van der Waals surface area contributed by atoms with E-state index in [4.69, 9.17) is 9.47 Å². The minimum Gasteiger partial charge on any atom is -0.483 e. The highest BCUT2D eigenvalue weighted by Gasteiger charge is 2.18. The van der Waals surface area contributed by atoms with Crippen LogP contribution in [-0.4, -0.2) is 25.1 Å². The van der Waals surface area contributed by atoms with Gasteiger partial charge in [-0.05, 0) is 44.9 Å². The normalized spacial score (nSPS) is 10.4. The molecular formula is C19H23NO4S. The number of amides is 1. The molecule has 0 bridgehead atoms. The number of rotatable bonds is 7. The number of anilines is 1. The van der Waals surface area contributed by atoms with Crippen LogP contribution in [0.25, 0.3) is 0 Å². The highest BCUT2D eigenvalue weighted by Crippen LogP contribution is 2.33. The number of ether oxygens (including phenoxy) is 2. The van der Waals surface area contributed by atoms with E-state index in [1.165, 1.54) is 11.3 Å². The smallest absolute Gasteiger partial charge is 0.310 e. The summed E-state index contributed by atoms with van der Waals surface area (Å²) in [7, 11) is 0. The summed E-state index contributed by atoms with van der Waals surface area (Å²) >= 11 is 1.46. The summed E-state index contributed by atoms with van der Waals surface area (Å²) in [6.07, 6.45) is 0.151. The maximum atomic E-state index is 12.2. The average Bonchev–Trinajstić information content (AvgIpc) is 2.82. The maximum Gasteiger partial charge on any atom is 0.310 e. The van der Waals surface area contributed by atoms with Gasteiger partial charge in [0.1, 0.15) is 5.75 Å². The van der Waals surface area contributed by atoms with Crippen LogP contribution >= 0.6 is 11.3 Å². The molecule has 25 heavy (non-hydrogen) atoms. The molecule has 2 rings (SSSR count). The van der Waals surface area contributed by atoms with Gasteiger partial charge in [0.2, 0.25) is 0 Å². The predicted octanol–water partition coefficient (Wildman–Crippen LogP) is 3.80. The Morgan fingerprint density at radius 3 is 2.56 bits per heavy atom. The number of carbonyl (C=O) groups excluding carboxylic acids is 2. The largest absolute Gasteiger partial charge is 0.483 e. The summed E-state index contributed by atoms with van der Waals surface area (Å²) in [4.78, 5) is 25.1. The van der Waals surface area contributed by atoms with Gasteiger partial charge < -0.3 is 14.8 Å². The third kappa shape index (κ3) is 5.06. The molecule has 0 saturated carbocycles. The number of hydrogen-bond acceptors (Lipinski definition) is 5. The van der Waals surface area contributed by atoms with Crippen LogP contribution < -0.4 is 10.1 Å². The Morgan fingerprint density at radius 1 is 1.16 bits per heavy atom. The summed E-state index contributed by atoms with van der Waals surface area (Å²) in [6, 6.07) is 7.54. The summed E-state index contributed by atoms with van der Waals surface area (Å²) in [6.45, 7) is 7.87. The molecule has 1 amide bonds. The Hall–Kier alpha value is -2.34. The van der Waals surface area contributed by atoms with Crippen LogP contribution in [0.5, 0.6) is 5.75 Å². The summed E-state index contributed by atoms with van der Waals surface area (Å²) < 4.78 is 10.6. The lowest BCUT2D eigenvalue weighted by atomic mass is 10.1. The second-order valence-corrected chi connectivity index (χ2v) is 6.90. The summed E-state index contributed by atoms with van der Waals surface area (Å²) in [5.74, 6) is 0.132. The van der Waals surface area contributed by atoms with Crippen LogP contribution in [0.2, 0.25) is 0 Å². The van der Waals surface area contributed by atoms with Crippen molar-refractivity contribution in [2.75, 3.05) is 18.5 Å². The van der Waals surface area contributed by atoms with E-state index in [9.17, 15) is 9.59 Å². The second-order valence-electron chi connectivity index (χ2n) is 5.68. The number of thiophene rings is 1. The van der Waals surface area contributed by atoms with E-state index in [-0.39, 0.29) is 24.9 Å². The average molecular weight is 361 g/mol. The highest BCUT2D eigenvalue weighted by atomic mass is 32.1. The zero-order chi connectivity index (χ0) is 18.4. The molecule has 0 aliphatic heterocycles. The Balaban J connectivity index is 2.04. The van der Waals surface area contributed by atoms with Gasteiger partial charge in [0, 0.05) is 10.4 Å². The molecule has 0 unspecified atom stereocenters. The maximum absolute atomic E-state index is 12.2. The van der Waals surface area contributed by atoms with E-state index in [0.29, 0.717) is 17.4 Å². The molecular weight excluding hydrogens is 338 g/mol. The first-order valence-corrected chi connectivity index (χ1v) is 8.96. The van der Waals surface area contributed by atoms with Gasteiger partial charge in [-0.1, -0.05) is 18.2 Å². The number of para-hydroxylation sites is 1. The van der Waals surface area contributed by atoms with Crippen molar-refractivity contribution in [2.45, 2.75) is 34.1 Å². The molecule has 0 spiro atoms. The minimum absolute atomic E-state index is 0.0836. The highest BCUT2D eigenvalue weighted by molar-refractivity contribution is 7.16. The minimum atomic E-state index is -0.296. The van der Waals surface area contributed by atoms with Gasteiger partial charge in [0.25, 0.3) is 5.91 Å². The zero-order valence-corrected chi connectivity index (χ0v) is 15.8. The number of benzene rings is 1. The number of esters is 1. The SMILES string of the molecule is CCOC(=O)Cc1c(NC(=O)COc2ccccc2C)sc(C)c1C. The van der Waals surface area contributed by atoms with Crippen LogP contribution in [0.1, 0.15) is 28.5 Å². The van der Waals surface area contributed by atoms with Crippen molar-refractivity contribution in [1.29, 1.82) is 0 Å². The van der Waals surface area contributed by atoms with Gasteiger partial charge in [0.15, 0.2) is 6.61 Å². The monoisotopic (exact) mass is 361 g/mol. The van der Waals surface area contributed by atoms with E-state index in [0.717, 1.165) is 21.6 Å². The van der Waals surface area contributed by atoms with Crippen molar-refractivity contribution < 1.29 is 19.1 Å². The van der Waals surface area contributed by atoms with Gasteiger partial charge in [-0.3, -0.25) is 9.59 Å². The van der Waals surface area contributed by atoms with Gasteiger partial charge >= 0.3 is 5.97 Å². The summed E-state index contributed by atoms with van der Waals surface area (Å²) in [5.41, 5.74) is 2.79. The number of hydrogen-bond donors (Lipinski definition) is 1. The molecule has 2 aromatic rings. The predicted molar refractivity (Wildman–Crippen MR) is 99.4 cm³/mol. The van der Waals surface area contributed by atoms with E-state index < -0.39 is 0 Å². The first kappa shape index (κ1) is 19.0. The van der Waals surface area contributed by atoms with Gasteiger partial charge in [-0.15, -0.1) is 11.3 Å². The van der Waals surface area contributed by atoms with Crippen LogP contribution in [0.15, 0.2) is 24.3 Å². The van der Waals surface area contributed by atoms with Crippen molar-refractivity contribution in [1.82, 2.24) is 0 Å². The third-order valence-corrected chi connectivity index (χ3v) is 5.01. The standard InChI is InChI=1S/C19H23NO4S/c1-5-23-18(22)10-15-13(3)14(4)25-19(15)20-17(21)11-24-16-9-7-6-8-12(16)2/h6-9H,5,10-11H2,1-4H3,(H,20,21). The van der Waals surface area contributed by atoms with E-state index in [1.807, 2.05) is 45.0 Å². The molecule has 5 nitrogen and oxygen atoms in total. The Labute approximate surface area is 152 Å². The Bertz CT molecular complexity index is 767. The molecule has 0 fully saturated rings. The van der Waals surface area contributed by atoms with Crippen molar-refractivity contribution in [3.8, 4) is 5.75 Å². The van der Waals surface area contributed by atoms with Crippen LogP contribution in [-0.2, 0) is 20.7 Å². The van der Waals surface area contributed by atoms with Crippen molar-refractivity contribution in [2.24, 2.45) is 0 Å². The van der Waals surface area contributed by atoms with E-state index in [1.54, 1.807) is 6.92 Å². The number of aryl methyl sites for hydroxylation is 2. The van der Waals surface area contributed by atoms with Gasteiger partial charge in [0.05, 0.1) is 18.0 Å². The summed E-state index contributed by atoms with van der Waals surface area (Å²) in [5, 5.41) is 3.54. The Morgan fingerprint density at radius 2 is 1.88 bits per heavy atom. The van der Waals surface area contributed by atoms with E-state index >= 15 is 0 Å². The van der Waals surface area contributed by atoms with Gasteiger partial charge in [-0.2, -0.15) is 0 Å². The fraction of sp³-hybridized carbons (Fsp3) is 0.368. The molecule has 1 aromatic heterocycles. The second kappa shape index (κ2) is 8.67. The third-order valence-electron chi connectivity index (χ3n) is 3.84. The zero-order valence-electron chi connectivity index (χ0n) is 15.0. The molecule has 0 saturated heterocycles. The lowest BCUT2D eigenvalue weighted by Crippen LogP contribution is -2.21. The first-order valence-electron chi connectivity index (χ1n) is 8.15. The lowest BCUT2D eigenvalue weighted by molar-refractivity contribution is -0.142. The molecule has 0 atom stereocenters. The molecule has 0 aliphatic rings. The fourth-order valence-electron chi connectivity index (χ4n) is 2.37. The quantitative estimate of drug-likeness (QED) is 0.762. The molecule has 0 aliphatic carbocycles. The van der Waals surface area contributed by atoms with Crippen molar-refractivity contribution in [3.05, 3.63) is 45.8 Å². The van der Waals surface area contributed by atoms with Crippen LogP contribution in [0, 0.1) is 20.8 Å². The fourth-order valence-corrected chi connectivity index (χ4v) is 3.46. The number of carbonyl (C=O) groups is 2. The van der Waals surface area contributed by atoms with E-state index in [2.05, 4.69) is 5.32 Å². The molecule has 0 radical (unpaired) electrons. The van der Waals surface area contributed by atoms with Gasteiger partial charge in [-0.25, -0.2) is 0 Å². The van der Waals surface area contributed by atoms with Crippen molar-refractivity contribution in [3.63, 3.8) is 0 Å². The van der Waals surface area contributed by atoms with Crippen molar-refractivity contribution >= 4 is 28.2 Å². The molecule has 1 aromatic carbocycles. The Kier molecular flexibility index (Phi) is 6.58. The molecule has 134 valence electrons. The van der Waals surface area contributed by atoms with Crippen LogP contribution in [0.4, 0.5) is 5.00 Å². The molecule has 1 heterocycles. The topological polar surface area (TPSA) is 64.6 Å². The first-order chi connectivity index (χ1) is 11.9. The lowest BCUT2D eigenvalue weighted by Gasteiger charge is -2.10. The molecule has 6 heteroatoms. The van der Waals surface area contributed by atoms with Crippen LogP contribution in [0.3, 0.4) is 0 Å². The number of nitrogens with one attached hydrogen (secondary N) is 1. The molecule has 1 N–H and O–H groups in total.